The van der Waals surface area contributed by atoms with E-state index in [-0.39, 0.29) is 18.0 Å². The number of urea groups is 1. The van der Waals surface area contributed by atoms with Gasteiger partial charge in [-0.05, 0) is 54.7 Å². The van der Waals surface area contributed by atoms with Crippen LogP contribution in [0, 0.1) is 4.91 Å². The molecule has 8 heteroatoms. The van der Waals surface area contributed by atoms with Gasteiger partial charge in [0.2, 0.25) is 5.91 Å². The third kappa shape index (κ3) is 4.59. The number of nitrogens with zero attached hydrogens (tertiary/aromatic N) is 3. The fourth-order valence-electron chi connectivity index (χ4n) is 4.31. The summed E-state index contributed by atoms with van der Waals surface area (Å²) >= 11 is 0. The number of carbonyl (C=O) groups is 2. The van der Waals surface area contributed by atoms with E-state index in [9.17, 15) is 14.5 Å². The summed E-state index contributed by atoms with van der Waals surface area (Å²) in [7, 11) is 0. The van der Waals surface area contributed by atoms with Gasteiger partial charge in [0.05, 0.1) is 0 Å². The minimum atomic E-state index is -0.716. The molecule has 3 amide bonds. The lowest BCUT2D eigenvalue weighted by molar-refractivity contribution is -0.126. The largest absolute Gasteiger partial charge is 0.457 e. The number of para-hydroxylation sites is 1. The van der Waals surface area contributed by atoms with Crippen molar-refractivity contribution in [3.05, 3.63) is 64.6 Å². The summed E-state index contributed by atoms with van der Waals surface area (Å²) in [6.07, 6.45) is 1.99. The lowest BCUT2D eigenvalue weighted by atomic mass is 9.91. The number of nitroso groups, excluding NO2 is 1. The number of fused-ring (bicyclic) bond motifs is 1. The summed E-state index contributed by atoms with van der Waals surface area (Å²) in [6, 6.07) is 13.9. The van der Waals surface area contributed by atoms with Crippen LogP contribution in [0.4, 0.5) is 4.79 Å². The molecule has 8 nitrogen and oxygen atoms in total. The first-order valence-electron chi connectivity index (χ1n) is 11.1. The Labute approximate surface area is 187 Å². The van der Waals surface area contributed by atoms with Gasteiger partial charge in [-0.3, -0.25) is 4.79 Å². The molecular weight excluding hydrogens is 408 g/mol. The summed E-state index contributed by atoms with van der Waals surface area (Å²) in [5.41, 5.74) is 1.80. The summed E-state index contributed by atoms with van der Waals surface area (Å²) in [5, 5.41) is 6.03. The maximum atomic E-state index is 13.3. The highest BCUT2D eigenvalue weighted by Gasteiger charge is 2.39. The van der Waals surface area contributed by atoms with Crippen LogP contribution in [0.3, 0.4) is 0 Å². The highest BCUT2D eigenvalue weighted by molar-refractivity contribution is 5.89. The van der Waals surface area contributed by atoms with Crippen LogP contribution in [-0.4, -0.2) is 54.0 Å². The zero-order chi connectivity index (χ0) is 22.5. The van der Waals surface area contributed by atoms with E-state index in [1.165, 1.54) is 0 Å². The van der Waals surface area contributed by atoms with Gasteiger partial charge in [0.1, 0.15) is 23.6 Å². The van der Waals surface area contributed by atoms with Crippen molar-refractivity contribution < 1.29 is 14.3 Å². The number of ether oxygens (including phenoxy) is 1. The molecule has 2 aliphatic heterocycles. The van der Waals surface area contributed by atoms with Crippen molar-refractivity contribution in [2.45, 2.75) is 38.3 Å². The van der Waals surface area contributed by atoms with Gasteiger partial charge in [0.25, 0.3) is 0 Å². The number of benzene rings is 2. The van der Waals surface area contributed by atoms with Gasteiger partial charge in [-0.1, -0.05) is 36.4 Å². The van der Waals surface area contributed by atoms with Crippen LogP contribution in [0.25, 0.3) is 0 Å². The predicted octanol–water partition coefficient (Wildman–Crippen LogP) is 3.87. The van der Waals surface area contributed by atoms with Crippen LogP contribution >= 0.6 is 0 Å². The minimum absolute atomic E-state index is 0.192. The third-order valence-electron chi connectivity index (χ3n) is 5.95. The smallest absolute Gasteiger partial charge is 0.321 e. The summed E-state index contributed by atoms with van der Waals surface area (Å²) in [5.74, 6) is 1.24. The van der Waals surface area contributed by atoms with Crippen LogP contribution in [0.1, 0.15) is 36.9 Å². The molecule has 0 bridgehead atoms. The van der Waals surface area contributed by atoms with Gasteiger partial charge in [-0.25, -0.2) is 4.79 Å². The van der Waals surface area contributed by atoms with Crippen LogP contribution < -0.4 is 10.1 Å². The van der Waals surface area contributed by atoms with Crippen molar-refractivity contribution in [3.63, 3.8) is 0 Å². The van der Waals surface area contributed by atoms with Gasteiger partial charge in [0, 0.05) is 26.2 Å². The number of rotatable bonds is 6. The average molecular weight is 437 g/mol. The third-order valence-corrected chi connectivity index (χ3v) is 5.95. The molecule has 1 saturated heterocycles. The molecule has 2 aromatic rings. The maximum absolute atomic E-state index is 13.3. The standard InChI is InChI=1S/C24H28N4O4/c1-2-12-25-23(29)22-21-9-8-20(32-19-6-4-3-5-7-19)15-17(21)10-14-28(22)24(30)27-13-11-18(16-27)26-31/h3-9,15,18,22H,2,10-14,16H2,1H3,(H,25,29). The van der Waals surface area contributed by atoms with Crippen molar-refractivity contribution in [1.29, 1.82) is 0 Å². The minimum Gasteiger partial charge on any atom is -0.457 e. The number of hydrogen-bond acceptors (Lipinski definition) is 5. The molecule has 2 atom stereocenters. The highest BCUT2D eigenvalue weighted by Crippen LogP contribution is 2.35. The molecule has 0 aromatic heterocycles. The Morgan fingerprint density at radius 2 is 1.94 bits per heavy atom. The van der Waals surface area contributed by atoms with Crippen molar-refractivity contribution in [2.24, 2.45) is 5.18 Å². The molecule has 2 heterocycles. The second-order valence-electron chi connectivity index (χ2n) is 8.19. The van der Waals surface area contributed by atoms with E-state index in [4.69, 9.17) is 4.74 Å². The molecule has 1 fully saturated rings. The average Bonchev–Trinajstić information content (AvgIpc) is 3.31. The molecular formula is C24H28N4O4. The van der Waals surface area contributed by atoms with Crippen LogP contribution in [-0.2, 0) is 11.2 Å². The zero-order valence-electron chi connectivity index (χ0n) is 18.2. The number of likely N-dealkylation sites (tertiary alicyclic amines) is 1. The number of carbonyl (C=O) groups excluding carboxylic acids is 2. The Kier molecular flexibility index (Phi) is 6.68. The SMILES string of the molecule is CCCNC(=O)C1c2ccc(Oc3ccccc3)cc2CCN1C(=O)N1CCC(N=O)C1. The molecule has 0 saturated carbocycles. The molecule has 1 N–H and O–H groups in total. The summed E-state index contributed by atoms with van der Waals surface area (Å²) in [6.45, 7) is 3.73. The van der Waals surface area contributed by atoms with Crippen molar-refractivity contribution in [1.82, 2.24) is 15.1 Å². The van der Waals surface area contributed by atoms with E-state index in [0.29, 0.717) is 44.8 Å². The van der Waals surface area contributed by atoms with Crippen LogP contribution in [0.15, 0.2) is 53.7 Å². The molecule has 0 aliphatic carbocycles. The first kappa shape index (κ1) is 21.8. The molecule has 168 valence electrons. The fraction of sp³-hybridized carbons (Fsp3) is 0.417. The molecule has 32 heavy (non-hydrogen) atoms. The Balaban J connectivity index is 1.60. The molecule has 2 aromatic carbocycles. The van der Waals surface area contributed by atoms with Gasteiger partial charge in [-0.2, -0.15) is 4.91 Å². The quantitative estimate of drug-likeness (QED) is 0.696. The first-order chi connectivity index (χ1) is 15.6. The molecule has 2 aliphatic rings. The van der Waals surface area contributed by atoms with Crippen LogP contribution in [0.5, 0.6) is 11.5 Å². The fourth-order valence-corrected chi connectivity index (χ4v) is 4.31. The number of amides is 3. The molecule has 2 unspecified atom stereocenters. The van der Waals surface area contributed by atoms with E-state index in [1.54, 1.807) is 9.80 Å². The predicted molar refractivity (Wildman–Crippen MR) is 121 cm³/mol. The Bertz CT molecular complexity index is 981. The zero-order valence-corrected chi connectivity index (χ0v) is 18.2. The van der Waals surface area contributed by atoms with Gasteiger partial charge < -0.3 is 19.9 Å². The normalized spacial score (nSPS) is 19.9. The molecule has 0 spiro atoms. The van der Waals surface area contributed by atoms with E-state index >= 15 is 0 Å². The highest BCUT2D eigenvalue weighted by atomic mass is 16.5. The van der Waals surface area contributed by atoms with Crippen molar-refractivity contribution in [2.75, 3.05) is 26.2 Å². The van der Waals surface area contributed by atoms with E-state index < -0.39 is 6.04 Å². The first-order valence-corrected chi connectivity index (χ1v) is 11.1. The van der Waals surface area contributed by atoms with Crippen molar-refractivity contribution in [3.8, 4) is 11.5 Å². The van der Waals surface area contributed by atoms with E-state index in [2.05, 4.69) is 10.5 Å². The number of hydrogen-bond donors (Lipinski definition) is 1. The van der Waals surface area contributed by atoms with Gasteiger partial charge in [0.15, 0.2) is 0 Å². The second-order valence-corrected chi connectivity index (χ2v) is 8.19. The van der Waals surface area contributed by atoms with E-state index in [1.807, 2.05) is 55.5 Å². The lowest BCUT2D eigenvalue weighted by Gasteiger charge is -2.38. The topological polar surface area (TPSA) is 91.3 Å². The van der Waals surface area contributed by atoms with E-state index in [0.717, 1.165) is 23.3 Å². The Morgan fingerprint density at radius 3 is 2.66 bits per heavy atom. The number of nitrogens with one attached hydrogen (secondary N) is 1. The summed E-state index contributed by atoms with van der Waals surface area (Å²) < 4.78 is 5.96. The lowest BCUT2D eigenvalue weighted by Crippen LogP contribution is -2.51. The monoisotopic (exact) mass is 436 g/mol. The van der Waals surface area contributed by atoms with Crippen LogP contribution in [0.2, 0.25) is 0 Å². The molecule has 4 rings (SSSR count). The maximum Gasteiger partial charge on any atom is 0.321 e. The second kappa shape index (κ2) is 9.80. The molecule has 0 radical (unpaired) electrons. The Hall–Kier alpha value is -3.42. The van der Waals surface area contributed by atoms with Crippen molar-refractivity contribution >= 4 is 11.9 Å². The Morgan fingerprint density at radius 1 is 1.12 bits per heavy atom. The van der Waals surface area contributed by atoms with Gasteiger partial charge >= 0.3 is 6.03 Å². The summed E-state index contributed by atoms with van der Waals surface area (Å²) in [4.78, 5) is 40.5. The van der Waals surface area contributed by atoms with Gasteiger partial charge in [-0.15, -0.1) is 0 Å².